The van der Waals surface area contributed by atoms with Gasteiger partial charge < -0.3 is 0 Å². The van der Waals surface area contributed by atoms with Gasteiger partial charge in [-0.3, -0.25) is 4.79 Å². The Balaban J connectivity index is 4.06. The van der Waals surface area contributed by atoms with Gasteiger partial charge in [0.25, 0.3) is 0 Å². The smallest absolute Gasteiger partial charge is 0.155 e. The van der Waals surface area contributed by atoms with E-state index in [1.54, 1.807) is 6.08 Å². The van der Waals surface area contributed by atoms with Crippen LogP contribution in [0.25, 0.3) is 0 Å². The molecule has 1 unspecified atom stereocenters. The first kappa shape index (κ1) is 14.2. The van der Waals surface area contributed by atoms with Gasteiger partial charge in [0.2, 0.25) is 0 Å². The number of hydrogen-bond donors (Lipinski definition) is 0. The normalized spacial score (nSPS) is 14.5. The Hall–Kier alpha value is -0.850. The zero-order valence-corrected chi connectivity index (χ0v) is 10.5. The van der Waals surface area contributed by atoms with Gasteiger partial charge in [0.15, 0.2) is 5.78 Å². The highest BCUT2D eigenvalue weighted by atomic mass is 16.1. The number of allylic oxidation sites excluding steroid dienone is 4. The van der Waals surface area contributed by atoms with Crippen molar-refractivity contribution in [3.63, 3.8) is 0 Å². The molecular formula is C14H24O. The summed E-state index contributed by atoms with van der Waals surface area (Å²) in [5.74, 6) is 0.815. The van der Waals surface area contributed by atoms with Crippen molar-refractivity contribution in [2.45, 2.75) is 53.4 Å². The van der Waals surface area contributed by atoms with Crippen LogP contribution in [-0.4, -0.2) is 5.78 Å². The molecule has 0 spiro atoms. The van der Waals surface area contributed by atoms with E-state index in [9.17, 15) is 4.79 Å². The van der Waals surface area contributed by atoms with Crippen molar-refractivity contribution in [3.8, 4) is 0 Å². The van der Waals surface area contributed by atoms with Crippen LogP contribution in [0.15, 0.2) is 23.8 Å². The zero-order chi connectivity index (χ0) is 11.7. The van der Waals surface area contributed by atoms with Crippen LogP contribution in [0.5, 0.6) is 0 Å². The molecule has 15 heavy (non-hydrogen) atoms. The summed E-state index contributed by atoms with van der Waals surface area (Å²) in [6.07, 6.45) is 10.2. The van der Waals surface area contributed by atoms with Crippen molar-refractivity contribution in [1.29, 1.82) is 0 Å². The Morgan fingerprint density at radius 2 is 1.93 bits per heavy atom. The predicted molar refractivity (Wildman–Crippen MR) is 66.9 cm³/mol. The van der Waals surface area contributed by atoms with E-state index in [1.165, 1.54) is 24.8 Å². The van der Waals surface area contributed by atoms with Crippen molar-refractivity contribution in [2.75, 3.05) is 0 Å². The molecule has 0 aromatic heterocycles. The Morgan fingerprint density at radius 1 is 1.27 bits per heavy atom. The largest absolute Gasteiger partial charge is 0.295 e. The van der Waals surface area contributed by atoms with Crippen LogP contribution in [0.3, 0.4) is 0 Å². The molecule has 0 aromatic rings. The van der Waals surface area contributed by atoms with Crippen molar-refractivity contribution in [3.05, 3.63) is 23.8 Å². The van der Waals surface area contributed by atoms with Crippen LogP contribution in [0.1, 0.15) is 53.4 Å². The molecule has 0 saturated carbocycles. The van der Waals surface area contributed by atoms with Crippen molar-refractivity contribution in [2.24, 2.45) is 5.92 Å². The molecule has 1 atom stereocenters. The second-order valence-electron chi connectivity index (χ2n) is 4.18. The molecule has 0 N–H and O–H groups in total. The summed E-state index contributed by atoms with van der Waals surface area (Å²) in [6.45, 7) is 8.38. The number of carbonyl (C=O) groups is 1. The SMILES string of the molecule is CCCCC(C)/C=C(C)/C=C/C(=O)CC. The summed E-state index contributed by atoms with van der Waals surface area (Å²) in [5.41, 5.74) is 1.19. The maximum absolute atomic E-state index is 11.1. The molecule has 0 saturated heterocycles. The first-order valence-electron chi connectivity index (χ1n) is 5.99. The predicted octanol–water partition coefficient (Wildman–Crippen LogP) is 4.29. The van der Waals surface area contributed by atoms with Crippen molar-refractivity contribution >= 4 is 5.78 Å². The Kier molecular flexibility index (Phi) is 7.98. The first-order chi connectivity index (χ1) is 7.10. The average molecular weight is 208 g/mol. The fourth-order valence-corrected chi connectivity index (χ4v) is 1.46. The molecule has 86 valence electrons. The average Bonchev–Trinajstić information content (AvgIpc) is 2.22. The molecule has 0 aliphatic rings. The standard InChI is InChI=1S/C14H24O/c1-5-7-8-12(3)11-13(4)9-10-14(15)6-2/h9-12H,5-8H2,1-4H3/b10-9+,13-11+. The van der Waals surface area contributed by atoms with Gasteiger partial charge >= 0.3 is 0 Å². The number of hydrogen-bond acceptors (Lipinski definition) is 1. The summed E-state index contributed by atoms with van der Waals surface area (Å²) in [6, 6.07) is 0. The van der Waals surface area contributed by atoms with E-state index in [4.69, 9.17) is 0 Å². The minimum Gasteiger partial charge on any atom is -0.295 e. The summed E-state index contributed by atoms with van der Waals surface area (Å²) in [7, 11) is 0. The molecule has 0 fully saturated rings. The minimum absolute atomic E-state index is 0.198. The van der Waals surface area contributed by atoms with Crippen LogP contribution in [0.2, 0.25) is 0 Å². The van der Waals surface area contributed by atoms with E-state index < -0.39 is 0 Å². The molecule has 0 bridgehead atoms. The van der Waals surface area contributed by atoms with Crippen LogP contribution >= 0.6 is 0 Å². The van der Waals surface area contributed by atoms with Gasteiger partial charge in [0.05, 0.1) is 0 Å². The molecule has 1 heteroatoms. The summed E-state index contributed by atoms with van der Waals surface area (Å²) in [4.78, 5) is 11.1. The highest BCUT2D eigenvalue weighted by molar-refractivity contribution is 5.89. The van der Waals surface area contributed by atoms with Gasteiger partial charge in [-0.05, 0) is 25.3 Å². The lowest BCUT2D eigenvalue weighted by Crippen LogP contribution is -1.91. The lowest BCUT2D eigenvalue weighted by atomic mass is 10.0. The van der Waals surface area contributed by atoms with Crippen molar-refractivity contribution < 1.29 is 4.79 Å². The molecule has 0 amide bonds. The monoisotopic (exact) mass is 208 g/mol. The maximum atomic E-state index is 11.1. The van der Waals surface area contributed by atoms with Gasteiger partial charge in [0, 0.05) is 6.42 Å². The molecule has 0 aliphatic heterocycles. The lowest BCUT2D eigenvalue weighted by molar-refractivity contribution is -0.114. The van der Waals surface area contributed by atoms with Gasteiger partial charge in [-0.2, -0.15) is 0 Å². The highest BCUT2D eigenvalue weighted by Gasteiger charge is 1.97. The molecule has 0 radical (unpaired) electrons. The third-order valence-electron chi connectivity index (χ3n) is 2.44. The summed E-state index contributed by atoms with van der Waals surface area (Å²) >= 11 is 0. The van der Waals surface area contributed by atoms with Gasteiger partial charge in [-0.1, -0.05) is 51.3 Å². The fraction of sp³-hybridized carbons (Fsp3) is 0.643. The Labute approximate surface area is 94.3 Å². The van der Waals surface area contributed by atoms with Crippen molar-refractivity contribution in [1.82, 2.24) is 0 Å². The van der Waals surface area contributed by atoms with Gasteiger partial charge in [0.1, 0.15) is 0 Å². The van der Waals surface area contributed by atoms with E-state index >= 15 is 0 Å². The molecule has 1 nitrogen and oxygen atoms in total. The number of unbranched alkanes of at least 4 members (excludes halogenated alkanes) is 1. The molecule has 0 rings (SSSR count). The van der Waals surface area contributed by atoms with E-state index in [0.29, 0.717) is 12.3 Å². The Morgan fingerprint density at radius 3 is 2.47 bits per heavy atom. The topological polar surface area (TPSA) is 17.1 Å². The van der Waals surface area contributed by atoms with E-state index in [-0.39, 0.29) is 5.78 Å². The molecule has 0 aromatic carbocycles. The minimum atomic E-state index is 0.198. The van der Waals surface area contributed by atoms with Gasteiger partial charge in [-0.25, -0.2) is 0 Å². The van der Waals surface area contributed by atoms with E-state index in [0.717, 1.165) is 0 Å². The second-order valence-corrected chi connectivity index (χ2v) is 4.18. The van der Waals surface area contributed by atoms with Gasteiger partial charge in [-0.15, -0.1) is 0 Å². The number of carbonyl (C=O) groups excluding carboxylic acids is 1. The molecule has 0 heterocycles. The van der Waals surface area contributed by atoms with Crippen LogP contribution in [0.4, 0.5) is 0 Å². The zero-order valence-electron chi connectivity index (χ0n) is 10.5. The van der Waals surface area contributed by atoms with E-state index in [2.05, 4.69) is 26.8 Å². The molecule has 0 aliphatic carbocycles. The maximum Gasteiger partial charge on any atom is 0.155 e. The molecular weight excluding hydrogens is 184 g/mol. The quantitative estimate of drug-likeness (QED) is 0.450. The lowest BCUT2D eigenvalue weighted by Gasteiger charge is -2.05. The second kappa shape index (κ2) is 8.46. The highest BCUT2D eigenvalue weighted by Crippen LogP contribution is 2.12. The fourth-order valence-electron chi connectivity index (χ4n) is 1.46. The van der Waals surface area contributed by atoms with E-state index in [1.807, 2.05) is 13.0 Å². The van der Waals surface area contributed by atoms with Crippen LogP contribution in [0, 0.1) is 5.92 Å². The summed E-state index contributed by atoms with van der Waals surface area (Å²) < 4.78 is 0. The number of ketones is 1. The van der Waals surface area contributed by atoms with Crippen LogP contribution < -0.4 is 0 Å². The van der Waals surface area contributed by atoms with Crippen LogP contribution in [-0.2, 0) is 4.79 Å². The number of rotatable bonds is 7. The third kappa shape index (κ3) is 8.17. The summed E-state index contributed by atoms with van der Waals surface area (Å²) in [5, 5.41) is 0. The Bertz CT molecular complexity index is 236. The first-order valence-corrected chi connectivity index (χ1v) is 5.99. The third-order valence-corrected chi connectivity index (χ3v) is 2.44.